The minimum atomic E-state index is -0.626. The number of carbonyl (C=O) groups excluding carboxylic acids is 1. The summed E-state index contributed by atoms with van der Waals surface area (Å²) in [6.07, 6.45) is 1.85. The van der Waals surface area contributed by atoms with Crippen molar-refractivity contribution in [3.8, 4) is 17.2 Å². The van der Waals surface area contributed by atoms with Crippen LogP contribution in [0.5, 0.6) is 17.2 Å². The Labute approximate surface area is 194 Å². The summed E-state index contributed by atoms with van der Waals surface area (Å²) in [5.74, 6) is 1.50. The summed E-state index contributed by atoms with van der Waals surface area (Å²) in [7, 11) is 4.61. The molecule has 0 fully saturated rings. The fourth-order valence-corrected chi connectivity index (χ4v) is 3.62. The molecule has 1 amide bonds. The predicted molar refractivity (Wildman–Crippen MR) is 124 cm³/mol. The Morgan fingerprint density at radius 1 is 1.06 bits per heavy atom. The van der Waals surface area contributed by atoms with E-state index < -0.39 is 10.8 Å². The van der Waals surface area contributed by atoms with Crippen LogP contribution in [0.1, 0.15) is 21.9 Å². The number of aromatic nitrogens is 1. The smallest absolute Gasteiger partial charge is 0.293 e. The molecule has 0 bridgehead atoms. The first-order valence-electron chi connectivity index (χ1n) is 10.2. The molecule has 0 spiro atoms. The van der Waals surface area contributed by atoms with Crippen LogP contribution in [-0.2, 0) is 6.42 Å². The molecule has 0 saturated carbocycles. The average Bonchev–Trinajstić information content (AvgIpc) is 3.32. The molecule has 0 unspecified atom stereocenters. The van der Waals surface area contributed by atoms with Crippen molar-refractivity contribution >= 4 is 28.2 Å². The first-order chi connectivity index (χ1) is 16.4. The highest BCUT2D eigenvalue weighted by Gasteiger charge is 2.22. The lowest BCUT2D eigenvalue weighted by Gasteiger charge is -2.14. The second-order valence-electron chi connectivity index (χ2n) is 7.19. The Balaban J connectivity index is 1.63. The van der Waals surface area contributed by atoms with E-state index >= 15 is 0 Å². The number of nitrogens with one attached hydrogen (secondary N) is 1. The number of hydrogen-bond acceptors (Lipinski definition) is 8. The topological polar surface area (TPSA) is 126 Å². The van der Waals surface area contributed by atoms with E-state index in [1.807, 2.05) is 0 Å². The van der Waals surface area contributed by atoms with Gasteiger partial charge in [-0.3, -0.25) is 19.9 Å². The third kappa shape index (κ3) is 4.33. The first kappa shape index (κ1) is 22.6. The number of rotatable bonds is 8. The van der Waals surface area contributed by atoms with Crippen LogP contribution in [-0.4, -0.2) is 37.1 Å². The van der Waals surface area contributed by atoms with E-state index in [1.165, 1.54) is 32.4 Å². The van der Waals surface area contributed by atoms with Gasteiger partial charge in [0, 0.05) is 41.8 Å². The maximum atomic E-state index is 12.9. The van der Waals surface area contributed by atoms with Gasteiger partial charge in [0.1, 0.15) is 28.7 Å². The molecule has 0 aliphatic carbocycles. The van der Waals surface area contributed by atoms with E-state index in [-0.39, 0.29) is 23.6 Å². The highest BCUT2D eigenvalue weighted by Crippen LogP contribution is 2.36. The zero-order chi connectivity index (χ0) is 24.2. The SMILES string of the molecule is COc1cc(OC)c(Cc2ccc(C(=O)Nc3c([N+](=O)[O-])ccc4ncccc34)o2)c(OC)c1. The van der Waals surface area contributed by atoms with Gasteiger partial charge in [-0.1, -0.05) is 0 Å². The minimum absolute atomic E-state index is 0.00311. The number of pyridine rings is 1. The highest BCUT2D eigenvalue weighted by molar-refractivity contribution is 6.09. The fraction of sp³-hybridized carbons (Fsp3) is 0.167. The van der Waals surface area contributed by atoms with Gasteiger partial charge in [-0.05, 0) is 30.3 Å². The zero-order valence-electron chi connectivity index (χ0n) is 18.7. The normalized spacial score (nSPS) is 10.7. The molecule has 2 aromatic carbocycles. The number of furan rings is 1. The molecular weight excluding hydrogens is 442 g/mol. The number of anilines is 1. The van der Waals surface area contributed by atoms with Crippen LogP contribution in [0.4, 0.5) is 11.4 Å². The number of amides is 1. The Kier molecular flexibility index (Phi) is 6.30. The first-order valence-corrected chi connectivity index (χ1v) is 10.2. The van der Waals surface area contributed by atoms with Crippen LogP contribution >= 0.6 is 0 Å². The van der Waals surface area contributed by atoms with Crippen LogP contribution in [0.2, 0.25) is 0 Å². The lowest BCUT2D eigenvalue weighted by Crippen LogP contribution is -2.13. The van der Waals surface area contributed by atoms with Gasteiger partial charge in [0.25, 0.3) is 11.6 Å². The molecule has 0 aliphatic heterocycles. The maximum Gasteiger partial charge on any atom is 0.293 e. The predicted octanol–water partition coefficient (Wildman–Crippen LogP) is 4.60. The molecular formula is C24H21N3O7. The van der Waals surface area contributed by atoms with Gasteiger partial charge in [-0.2, -0.15) is 0 Å². The number of nitrogens with zero attached hydrogens (tertiary/aromatic N) is 2. The van der Waals surface area contributed by atoms with Gasteiger partial charge in [0.05, 0.1) is 31.8 Å². The van der Waals surface area contributed by atoms with Crippen molar-refractivity contribution in [2.75, 3.05) is 26.6 Å². The number of carbonyl (C=O) groups is 1. The Morgan fingerprint density at radius 3 is 2.44 bits per heavy atom. The summed E-state index contributed by atoms with van der Waals surface area (Å²) >= 11 is 0. The molecule has 0 aliphatic rings. The monoisotopic (exact) mass is 463 g/mol. The number of benzene rings is 2. The maximum absolute atomic E-state index is 12.9. The Hall–Kier alpha value is -4.60. The quantitative estimate of drug-likeness (QED) is 0.297. The van der Waals surface area contributed by atoms with Crippen molar-refractivity contribution < 1.29 is 28.3 Å². The number of methoxy groups -OCH3 is 3. The van der Waals surface area contributed by atoms with Crippen molar-refractivity contribution in [1.29, 1.82) is 0 Å². The number of nitro benzene ring substituents is 1. The Bertz CT molecular complexity index is 1360. The van der Waals surface area contributed by atoms with Crippen molar-refractivity contribution in [1.82, 2.24) is 4.98 Å². The lowest BCUT2D eigenvalue weighted by atomic mass is 10.1. The van der Waals surface area contributed by atoms with Gasteiger partial charge in [0.2, 0.25) is 0 Å². The molecule has 10 nitrogen and oxygen atoms in total. The van der Waals surface area contributed by atoms with E-state index in [0.29, 0.717) is 39.5 Å². The standard InChI is InChI=1S/C24H21N3O7/c1-31-15-12-21(32-2)17(22(13-15)33-3)11-14-6-9-20(34-14)24(28)26-23-16-5-4-10-25-18(16)7-8-19(23)27(29)30/h4-10,12-13H,11H2,1-3H3,(H,26,28). The molecule has 34 heavy (non-hydrogen) atoms. The van der Waals surface area contributed by atoms with Gasteiger partial charge < -0.3 is 23.9 Å². The van der Waals surface area contributed by atoms with Crippen LogP contribution in [0, 0.1) is 10.1 Å². The molecule has 2 aromatic heterocycles. The second kappa shape index (κ2) is 9.49. The van der Waals surface area contributed by atoms with E-state index in [9.17, 15) is 14.9 Å². The Morgan fingerprint density at radius 2 is 1.79 bits per heavy atom. The molecule has 174 valence electrons. The number of ether oxygens (including phenoxy) is 3. The van der Waals surface area contributed by atoms with Crippen molar-refractivity contribution in [2.24, 2.45) is 0 Å². The van der Waals surface area contributed by atoms with Crippen molar-refractivity contribution in [3.05, 3.63) is 81.9 Å². The lowest BCUT2D eigenvalue weighted by molar-refractivity contribution is -0.383. The van der Waals surface area contributed by atoms with Gasteiger partial charge in [-0.25, -0.2) is 0 Å². The molecule has 1 N–H and O–H groups in total. The van der Waals surface area contributed by atoms with Crippen LogP contribution in [0.15, 0.2) is 59.1 Å². The van der Waals surface area contributed by atoms with Crippen LogP contribution < -0.4 is 19.5 Å². The number of nitro groups is 1. The second-order valence-corrected chi connectivity index (χ2v) is 7.19. The summed E-state index contributed by atoms with van der Waals surface area (Å²) in [6.45, 7) is 0. The summed E-state index contributed by atoms with van der Waals surface area (Å²) in [4.78, 5) is 28.1. The summed E-state index contributed by atoms with van der Waals surface area (Å²) < 4.78 is 21.9. The summed E-state index contributed by atoms with van der Waals surface area (Å²) in [6, 6.07) is 12.7. The van der Waals surface area contributed by atoms with Gasteiger partial charge in [0.15, 0.2) is 5.76 Å². The third-order valence-electron chi connectivity index (χ3n) is 5.25. The average molecular weight is 463 g/mol. The zero-order valence-corrected chi connectivity index (χ0v) is 18.7. The third-order valence-corrected chi connectivity index (χ3v) is 5.25. The molecule has 10 heteroatoms. The fourth-order valence-electron chi connectivity index (χ4n) is 3.62. The molecule has 4 aromatic rings. The number of fused-ring (bicyclic) bond motifs is 1. The van der Waals surface area contributed by atoms with Gasteiger partial charge in [-0.15, -0.1) is 0 Å². The minimum Gasteiger partial charge on any atom is -0.496 e. The van der Waals surface area contributed by atoms with Crippen LogP contribution in [0.3, 0.4) is 0 Å². The van der Waals surface area contributed by atoms with E-state index in [4.69, 9.17) is 18.6 Å². The van der Waals surface area contributed by atoms with Gasteiger partial charge >= 0.3 is 0 Å². The van der Waals surface area contributed by atoms with E-state index in [1.54, 1.807) is 43.6 Å². The number of hydrogen-bond donors (Lipinski definition) is 1. The molecule has 0 atom stereocenters. The summed E-state index contributed by atoms with van der Waals surface area (Å²) in [5.41, 5.74) is 1.04. The molecule has 0 saturated heterocycles. The van der Waals surface area contributed by atoms with E-state index in [2.05, 4.69) is 10.3 Å². The largest absolute Gasteiger partial charge is 0.496 e. The van der Waals surface area contributed by atoms with Crippen molar-refractivity contribution in [3.63, 3.8) is 0 Å². The van der Waals surface area contributed by atoms with Crippen molar-refractivity contribution in [2.45, 2.75) is 6.42 Å². The highest BCUT2D eigenvalue weighted by atomic mass is 16.6. The summed E-state index contributed by atoms with van der Waals surface area (Å²) in [5, 5.41) is 14.6. The molecule has 0 radical (unpaired) electrons. The van der Waals surface area contributed by atoms with Crippen LogP contribution in [0.25, 0.3) is 10.9 Å². The van der Waals surface area contributed by atoms with E-state index in [0.717, 1.165) is 0 Å². The molecule has 2 heterocycles. The molecule has 4 rings (SSSR count).